The third-order valence-corrected chi connectivity index (χ3v) is 5.16. The number of carbonyl (C=O) groups is 1. The van der Waals surface area contributed by atoms with E-state index in [0.29, 0.717) is 11.1 Å². The zero-order chi connectivity index (χ0) is 19.5. The van der Waals surface area contributed by atoms with Crippen LogP contribution in [0.1, 0.15) is 6.42 Å². The maximum Gasteiger partial charge on any atom is 0.419 e. The van der Waals surface area contributed by atoms with E-state index in [2.05, 4.69) is 22.2 Å². The van der Waals surface area contributed by atoms with Gasteiger partial charge in [0.1, 0.15) is 0 Å². The van der Waals surface area contributed by atoms with E-state index in [-0.39, 0.29) is 18.9 Å². The molecule has 146 valence electrons. The molecule has 0 unspecified atom stereocenters. The number of aromatic nitrogens is 1. The molecule has 1 fully saturated rings. The Kier molecular flexibility index (Phi) is 5.16. The Hall–Kier alpha value is -3.06. The van der Waals surface area contributed by atoms with Crippen molar-refractivity contribution in [3.8, 4) is 0 Å². The van der Waals surface area contributed by atoms with Crippen molar-refractivity contribution in [1.29, 1.82) is 0 Å². The van der Waals surface area contributed by atoms with Gasteiger partial charge in [0.05, 0.1) is 5.52 Å². The zero-order valence-corrected chi connectivity index (χ0v) is 15.9. The van der Waals surface area contributed by atoms with Gasteiger partial charge in [0.2, 0.25) is 5.91 Å². The number of likely N-dealkylation sites (N-methyl/N-ethyl adjacent to an activating group) is 1. The van der Waals surface area contributed by atoms with E-state index >= 15 is 0 Å². The number of hydrogen-bond donors (Lipinski definition) is 1. The number of hydrogen-bond acceptors (Lipinski definition) is 5. The van der Waals surface area contributed by atoms with Gasteiger partial charge in [0.15, 0.2) is 5.58 Å². The number of carbonyl (C=O) groups excluding carboxylic acids is 1. The number of fused-ring (bicyclic) bond motifs is 1. The Bertz CT molecular complexity index is 1010. The van der Waals surface area contributed by atoms with Gasteiger partial charge >= 0.3 is 5.76 Å². The first-order valence-corrected chi connectivity index (χ1v) is 9.52. The molecule has 1 N–H and O–H groups in total. The summed E-state index contributed by atoms with van der Waals surface area (Å²) in [7, 11) is 2.14. The molecule has 0 bridgehead atoms. The molecule has 7 nitrogen and oxygen atoms in total. The van der Waals surface area contributed by atoms with Crippen LogP contribution in [0.4, 0.5) is 11.4 Å². The van der Waals surface area contributed by atoms with Gasteiger partial charge in [0, 0.05) is 50.5 Å². The quantitative estimate of drug-likeness (QED) is 0.736. The Balaban J connectivity index is 1.35. The summed E-state index contributed by atoms with van der Waals surface area (Å²) in [6.45, 7) is 4.41. The summed E-state index contributed by atoms with van der Waals surface area (Å²) in [6, 6.07) is 15.1. The van der Waals surface area contributed by atoms with Crippen molar-refractivity contribution >= 4 is 28.4 Å². The second kappa shape index (κ2) is 7.90. The Labute approximate surface area is 163 Å². The Morgan fingerprint density at radius 3 is 2.50 bits per heavy atom. The van der Waals surface area contributed by atoms with Gasteiger partial charge in [0.25, 0.3) is 0 Å². The van der Waals surface area contributed by atoms with E-state index in [0.717, 1.165) is 31.9 Å². The molecule has 7 heteroatoms. The van der Waals surface area contributed by atoms with Crippen LogP contribution in [-0.2, 0) is 11.3 Å². The van der Waals surface area contributed by atoms with Gasteiger partial charge in [-0.2, -0.15) is 0 Å². The zero-order valence-electron chi connectivity index (χ0n) is 15.9. The molecular formula is C21H24N4O3. The van der Waals surface area contributed by atoms with Crippen LogP contribution in [-0.4, -0.2) is 48.6 Å². The third-order valence-electron chi connectivity index (χ3n) is 5.16. The lowest BCUT2D eigenvalue weighted by Crippen LogP contribution is -2.44. The standard InChI is InChI=1S/C21H24N4O3/c1-23-12-14-24(15-13-23)17-8-6-16(7-9-17)22-20(26)10-11-25-18-4-2-3-5-19(18)28-21(25)27/h2-9H,10-15H2,1H3,(H,22,26). The number of rotatable bonds is 5. The first kappa shape index (κ1) is 18.3. The maximum atomic E-state index is 12.3. The molecule has 2 aromatic carbocycles. The van der Waals surface area contributed by atoms with Crippen molar-refractivity contribution in [3.05, 3.63) is 59.1 Å². The number of nitrogens with zero attached hydrogens (tertiary/aromatic N) is 3. The number of anilines is 2. The summed E-state index contributed by atoms with van der Waals surface area (Å²) >= 11 is 0. The maximum absolute atomic E-state index is 12.3. The van der Waals surface area contributed by atoms with Crippen molar-refractivity contribution in [2.45, 2.75) is 13.0 Å². The lowest BCUT2D eigenvalue weighted by Gasteiger charge is -2.34. The number of para-hydroxylation sites is 2. The summed E-state index contributed by atoms with van der Waals surface area (Å²) in [5.74, 6) is -0.574. The molecule has 0 radical (unpaired) electrons. The van der Waals surface area contributed by atoms with Crippen LogP contribution in [0.25, 0.3) is 11.1 Å². The van der Waals surface area contributed by atoms with Crippen molar-refractivity contribution < 1.29 is 9.21 Å². The topological polar surface area (TPSA) is 70.7 Å². The average Bonchev–Trinajstić information content (AvgIpc) is 3.03. The minimum absolute atomic E-state index is 0.135. The van der Waals surface area contributed by atoms with Gasteiger partial charge < -0.3 is 19.5 Å². The monoisotopic (exact) mass is 380 g/mol. The highest BCUT2D eigenvalue weighted by molar-refractivity contribution is 5.91. The molecule has 3 aromatic rings. The molecule has 1 amide bonds. The molecule has 0 saturated carbocycles. The Morgan fingerprint density at radius 1 is 1.04 bits per heavy atom. The molecule has 0 aliphatic carbocycles. The van der Waals surface area contributed by atoms with Crippen LogP contribution < -0.4 is 16.0 Å². The van der Waals surface area contributed by atoms with E-state index in [1.165, 1.54) is 10.3 Å². The van der Waals surface area contributed by atoms with Crippen LogP contribution >= 0.6 is 0 Å². The van der Waals surface area contributed by atoms with Gasteiger partial charge in [-0.05, 0) is 43.4 Å². The fourth-order valence-corrected chi connectivity index (χ4v) is 3.48. The number of nitrogens with one attached hydrogen (secondary N) is 1. The van der Waals surface area contributed by atoms with Crippen LogP contribution in [0.5, 0.6) is 0 Å². The van der Waals surface area contributed by atoms with Gasteiger partial charge in [-0.15, -0.1) is 0 Å². The number of piperazine rings is 1. The lowest BCUT2D eigenvalue weighted by molar-refractivity contribution is -0.116. The smallest absolute Gasteiger partial charge is 0.408 e. The van der Waals surface area contributed by atoms with Crippen LogP contribution in [0.3, 0.4) is 0 Å². The largest absolute Gasteiger partial charge is 0.419 e. The number of amides is 1. The first-order chi connectivity index (χ1) is 13.6. The number of benzene rings is 2. The van der Waals surface area contributed by atoms with E-state index in [9.17, 15) is 9.59 Å². The summed E-state index contributed by atoms with van der Waals surface area (Å²) in [4.78, 5) is 28.9. The average molecular weight is 380 g/mol. The normalized spacial score (nSPS) is 15.1. The fraction of sp³-hybridized carbons (Fsp3) is 0.333. The van der Waals surface area contributed by atoms with Crippen molar-refractivity contribution in [1.82, 2.24) is 9.47 Å². The molecular weight excluding hydrogens is 356 g/mol. The molecule has 1 saturated heterocycles. The molecule has 0 atom stereocenters. The lowest BCUT2D eigenvalue weighted by atomic mass is 10.2. The van der Waals surface area contributed by atoms with Gasteiger partial charge in [-0.1, -0.05) is 12.1 Å². The molecule has 1 aliphatic rings. The second-order valence-electron chi connectivity index (χ2n) is 7.12. The van der Waals surface area contributed by atoms with Crippen LogP contribution in [0.2, 0.25) is 0 Å². The Morgan fingerprint density at radius 2 is 1.75 bits per heavy atom. The predicted molar refractivity (Wildman–Crippen MR) is 110 cm³/mol. The van der Waals surface area contributed by atoms with Crippen LogP contribution in [0.15, 0.2) is 57.7 Å². The van der Waals surface area contributed by atoms with Crippen molar-refractivity contribution in [2.75, 3.05) is 43.4 Å². The summed E-state index contributed by atoms with van der Waals surface area (Å²) in [5, 5.41) is 2.90. The first-order valence-electron chi connectivity index (χ1n) is 9.52. The van der Waals surface area contributed by atoms with E-state index in [1.807, 2.05) is 42.5 Å². The number of aryl methyl sites for hydroxylation is 1. The summed E-state index contributed by atoms with van der Waals surface area (Å²) in [6.07, 6.45) is 0.198. The van der Waals surface area contributed by atoms with Gasteiger partial charge in [-0.25, -0.2) is 4.79 Å². The molecule has 28 heavy (non-hydrogen) atoms. The molecule has 2 heterocycles. The highest BCUT2D eigenvalue weighted by Crippen LogP contribution is 2.19. The minimum atomic E-state index is -0.439. The summed E-state index contributed by atoms with van der Waals surface area (Å²) < 4.78 is 6.69. The fourth-order valence-electron chi connectivity index (χ4n) is 3.48. The van der Waals surface area contributed by atoms with Gasteiger partial charge in [-0.3, -0.25) is 9.36 Å². The van der Waals surface area contributed by atoms with Crippen LogP contribution in [0, 0.1) is 0 Å². The molecule has 0 spiro atoms. The highest BCUT2D eigenvalue weighted by Gasteiger charge is 2.14. The van der Waals surface area contributed by atoms with Crippen molar-refractivity contribution in [2.24, 2.45) is 0 Å². The highest BCUT2D eigenvalue weighted by atomic mass is 16.4. The minimum Gasteiger partial charge on any atom is -0.408 e. The molecule has 1 aliphatic heterocycles. The SMILES string of the molecule is CN1CCN(c2ccc(NC(=O)CCn3c(=O)oc4ccccc43)cc2)CC1. The second-order valence-corrected chi connectivity index (χ2v) is 7.12. The third kappa shape index (κ3) is 3.94. The predicted octanol–water partition coefficient (Wildman–Crippen LogP) is 2.38. The number of oxazole rings is 1. The summed E-state index contributed by atoms with van der Waals surface area (Å²) in [5.41, 5.74) is 3.17. The van der Waals surface area contributed by atoms with Crippen molar-refractivity contribution in [3.63, 3.8) is 0 Å². The van der Waals surface area contributed by atoms with E-state index < -0.39 is 5.76 Å². The van der Waals surface area contributed by atoms with E-state index in [4.69, 9.17) is 4.42 Å². The molecule has 4 rings (SSSR count). The van der Waals surface area contributed by atoms with E-state index in [1.54, 1.807) is 6.07 Å². The molecule has 1 aromatic heterocycles.